The van der Waals surface area contributed by atoms with Crippen LogP contribution in [0.15, 0.2) is 361 Å². The van der Waals surface area contributed by atoms with E-state index in [0.29, 0.717) is 0 Å². The van der Waals surface area contributed by atoms with E-state index in [0.717, 1.165) is 78.0 Å². The molecule has 0 amide bonds. The van der Waals surface area contributed by atoms with Crippen LogP contribution in [0.1, 0.15) is 44.5 Å². The van der Waals surface area contributed by atoms with Crippen molar-refractivity contribution in [1.82, 2.24) is 0 Å². The van der Waals surface area contributed by atoms with Gasteiger partial charge < -0.3 is 18.6 Å². The average molecular weight is 1180 g/mol. The van der Waals surface area contributed by atoms with Gasteiger partial charge in [0.15, 0.2) is 8.07 Å². The monoisotopic (exact) mass is 1180 g/mol. The molecule has 0 bridgehead atoms. The van der Waals surface area contributed by atoms with Crippen molar-refractivity contribution < 1.29 is 8.83 Å². The van der Waals surface area contributed by atoms with Crippen LogP contribution in [0.2, 0.25) is 0 Å². The molecule has 0 saturated heterocycles. The molecule has 2 aliphatic heterocycles. The van der Waals surface area contributed by atoms with Gasteiger partial charge >= 0.3 is 0 Å². The molecule has 0 saturated carbocycles. The van der Waals surface area contributed by atoms with Crippen LogP contribution in [0, 0.1) is 0 Å². The second-order valence-corrected chi connectivity index (χ2v) is 28.0. The minimum absolute atomic E-state index is 0.574. The number of rotatable bonds is 10. The summed E-state index contributed by atoms with van der Waals surface area (Å²) in [7, 11) is -3.20. The van der Waals surface area contributed by atoms with Crippen molar-refractivity contribution in [2.45, 2.75) is 10.8 Å². The van der Waals surface area contributed by atoms with E-state index < -0.39 is 18.9 Å². The van der Waals surface area contributed by atoms with Gasteiger partial charge in [0.05, 0.1) is 33.6 Å². The third kappa shape index (κ3) is 7.68. The first-order valence-electron chi connectivity index (χ1n) is 31.4. The van der Waals surface area contributed by atoms with Gasteiger partial charge in [0.1, 0.15) is 22.3 Å². The lowest BCUT2D eigenvalue weighted by atomic mass is 9.62. The van der Waals surface area contributed by atoms with Gasteiger partial charge in [0, 0.05) is 32.9 Å². The Morgan fingerprint density at radius 1 is 0.220 bits per heavy atom. The van der Waals surface area contributed by atoms with E-state index in [-0.39, 0.29) is 0 Å². The molecule has 2 aliphatic rings. The second kappa shape index (κ2) is 20.8. The molecule has 0 N–H and O–H groups in total. The number of hydrogen-bond donors (Lipinski definition) is 0. The van der Waals surface area contributed by atoms with Crippen LogP contribution in [-0.4, -0.2) is 8.07 Å². The maximum absolute atomic E-state index is 6.90. The zero-order valence-corrected chi connectivity index (χ0v) is 50.7. The van der Waals surface area contributed by atoms with Crippen LogP contribution in [0.3, 0.4) is 0 Å². The quantitative estimate of drug-likeness (QED) is 0.101. The van der Waals surface area contributed by atoms with E-state index in [9.17, 15) is 0 Å². The van der Waals surface area contributed by atoms with E-state index in [1.807, 2.05) is 0 Å². The largest absolute Gasteiger partial charge is 0.456 e. The summed E-state index contributed by atoms with van der Waals surface area (Å²) < 4.78 is 13.8. The van der Waals surface area contributed by atoms with Crippen molar-refractivity contribution >= 4 is 107 Å². The highest BCUT2D eigenvalue weighted by atomic mass is 28.3. The summed E-state index contributed by atoms with van der Waals surface area (Å²) in [5.74, 6) is 0. The molecule has 0 aliphatic carbocycles. The van der Waals surface area contributed by atoms with E-state index >= 15 is 0 Å². The maximum atomic E-state index is 6.90. The minimum Gasteiger partial charge on any atom is -0.456 e. The van der Waals surface area contributed by atoms with Crippen molar-refractivity contribution in [1.29, 1.82) is 0 Å². The lowest BCUT2D eigenvalue weighted by molar-refractivity contribution is 0.668. The van der Waals surface area contributed by atoms with Crippen molar-refractivity contribution in [3.05, 3.63) is 396 Å². The van der Waals surface area contributed by atoms with E-state index in [2.05, 4.69) is 362 Å². The summed E-state index contributed by atoms with van der Waals surface area (Å²) in [5, 5.41) is 9.34. The Morgan fingerprint density at radius 3 is 0.780 bits per heavy atom. The van der Waals surface area contributed by atoms with Crippen LogP contribution < -0.4 is 30.5 Å². The molecular weight excluding hydrogens is 1120 g/mol. The number of anilines is 6. The van der Waals surface area contributed by atoms with Crippen molar-refractivity contribution in [2.75, 3.05) is 9.80 Å². The summed E-state index contributed by atoms with van der Waals surface area (Å²) in [6, 6.07) is 130. The number of benzene rings is 14. The Hall–Kier alpha value is -11.5. The molecule has 0 spiro atoms. The number of fused-ring (bicyclic) bond motifs is 10. The number of furan rings is 2. The fourth-order valence-corrected chi connectivity index (χ4v) is 20.8. The Labute approximate surface area is 529 Å². The molecule has 16 aromatic rings. The molecule has 5 heteroatoms. The van der Waals surface area contributed by atoms with Crippen LogP contribution in [0.4, 0.5) is 34.1 Å². The van der Waals surface area contributed by atoms with Gasteiger partial charge in [-0.05, 0) is 138 Å². The van der Waals surface area contributed by atoms with Gasteiger partial charge in [0.2, 0.25) is 0 Å². The molecule has 0 radical (unpaired) electrons. The highest BCUT2D eigenvalue weighted by Crippen LogP contribution is 2.60. The van der Waals surface area contributed by atoms with E-state index in [1.165, 1.54) is 65.3 Å². The van der Waals surface area contributed by atoms with Crippen molar-refractivity contribution in [3.63, 3.8) is 0 Å². The Balaban J connectivity index is 0.820. The summed E-state index contributed by atoms with van der Waals surface area (Å²) in [4.78, 5) is 4.93. The van der Waals surface area contributed by atoms with Crippen molar-refractivity contribution in [2.24, 2.45) is 0 Å². The molecule has 4 heterocycles. The standard InChI is InChI=1S/C86H58N2O2Si/c1-7-27-59(28-8-1)85(60-29-9-2-10-30-60)73-39-19-23-43-77(73)87(78-44-24-20-40-74(78)85)63-47-51-81-69(55-63)71-57-67(49-53-83(71)89-81)91(65-35-15-5-16-36-65,66-37-17-6-18-38-66)68-50-54-84-72(58-68)70-56-64(48-52-82(70)90-84)88-79-45-25-21-41-75(79)86(61-31-11-3-12-32-61,62-33-13-4-14-34-62)76-42-22-26-46-80(76)88/h1-58H. The molecule has 14 aromatic carbocycles. The lowest BCUT2D eigenvalue weighted by Crippen LogP contribution is -2.74. The fraction of sp³-hybridized carbons (Fsp3) is 0.0233. The Bertz CT molecular complexity index is 4920. The highest BCUT2D eigenvalue weighted by molar-refractivity contribution is 7.20. The van der Waals surface area contributed by atoms with Crippen molar-refractivity contribution in [3.8, 4) is 0 Å². The van der Waals surface area contributed by atoms with E-state index in [4.69, 9.17) is 8.83 Å². The molecule has 0 unspecified atom stereocenters. The topological polar surface area (TPSA) is 32.8 Å². The molecule has 18 rings (SSSR count). The first-order valence-corrected chi connectivity index (χ1v) is 33.4. The van der Waals surface area contributed by atoms with Crippen LogP contribution in [0.5, 0.6) is 0 Å². The van der Waals surface area contributed by atoms with Gasteiger partial charge in [-0.2, -0.15) is 0 Å². The average Bonchev–Trinajstić information content (AvgIpc) is 0.775. The van der Waals surface area contributed by atoms with Gasteiger partial charge in [0.25, 0.3) is 0 Å². The molecular formula is C86H58N2O2Si. The van der Waals surface area contributed by atoms with Gasteiger partial charge in [-0.15, -0.1) is 0 Å². The normalized spacial score (nSPS) is 13.8. The van der Waals surface area contributed by atoms with Crippen LogP contribution in [0.25, 0.3) is 43.9 Å². The smallest absolute Gasteiger partial charge is 0.179 e. The molecule has 0 fully saturated rings. The first kappa shape index (κ1) is 52.6. The summed E-state index contributed by atoms with van der Waals surface area (Å²) >= 11 is 0. The Morgan fingerprint density at radius 2 is 0.473 bits per heavy atom. The molecule has 4 nitrogen and oxygen atoms in total. The van der Waals surface area contributed by atoms with Crippen LogP contribution in [-0.2, 0) is 10.8 Å². The highest BCUT2D eigenvalue weighted by Gasteiger charge is 2.49. The minimum atomic E-state index is -3.20. The Kier molecular flexibility index (Phi) is 12.0. The third-order valence-corrected chi connectivity index (χ3v) is 24.5. The second-order valence-electron chi connectivity index (χ2n) is 24.2. The fourth-order valence-electron chi connectivity index (χ4n) is 16.0. The zero-order valence-electron chi connectivity index (χ0n) is 49.7. The summed E-state index contributed by atoms with van der Waals surface area (Å²) in [5.41, 5.74) is 18.7. The predicted octanol–water partition coefficient (Wildman–Crippen LogP) is 19.2. The lowest BCUT2D eigenvalue weighted by Gasteiger charge is -2.46. The SMILES string of the molecule is c1ccc(C2(c3ccccc3)c3ccccc3N(c3ccc4oc5ccc([Si](c6ccccc6)(c6ccccc6)c6ccc7oc8ccc(N9c%10ccccc%10C(c%10ccccc%10)(c%10ccccc%10)c%10ccccc%109)cc8c7c6)cc5c4c3)c3ccccc32)cc1. The number of nitrogens with zero attached hydrogens (tertiary/aromatic N) is 2. The van der Waals surface area contributed by atoms with Crippen LogP contribution >= 0.6 is 0 Å². The first-order chi connectivity index (χ1) is 45.1. The molecule has 428 valence electrons. The molecule has 0 atom stereocenters. The predicted molar refractivity (Wildman–Crippen MR) is 378 cm³/mol. The summed E-state index contributed by atoms with van der Waals surface area (Å²) in [6.07, 6.45) is 0. The molecule has 91 heavy (non-hydrogen) atoms. The number of para-hydroxylation sites is 4. The summed E-state index contributed by atoms with van der Waals surface area (Å²) in [6.45, 7) is 0. The molecule has 2 aromatic heterocycles. The van der Waals surface area contributed by atoms with Gasteiger partial charge in [-0.3, -0.25) is 0 Å². The maximum Gasteiger partial charge on any atom is 0.179 e. The third-order valence-electron chi connectivity index (χ3n) is 19.7. The van der Waals surface area contributed by atoms with Gasteiger partial charge in [-0.25, -0.2) is 0 Å². The number of hydrogen-bond acceptors (Lipinski definition) is 4. The van der Waals surface area contributed by atoms with Gasteiger partial charge in [-0.1, -0.05) is 279 Å². The zero-order chi connectivity index (χ0) is 60.1. The van der Waals surface area contributed by atoms with E-state index in [1.54, 1.807) is 0 Å².